The van der Waals surface area contributed by atoms with Gasteiger partial charge in [0.1, 0.15) is 0 Å². The summed E-state index contributed by atoms with van der Waals surface area (Å²) in [7, 11) is 1.36. The number of pyridine rings is 2. The minimum atomic E-state index is -0.363. The molecule has 0 fully saturated rings. The standard InChI is InChI=1S/C16H19N3O2/c1-3-19(11-13-6-8-17-9-7-13)12-15-5-4-14(10-18-15)16(20)21-2/h4-10H,3,11-12H2,1-2H3. The molecular weight excluding hydrogens is 266 g/mol. The van der Waals surface area contributed by atoms with E-state index in [0.717, 1.165) is 25.3 Å². The SMILES string of the molecule is CCN(Cc1ccncc1)Cc1ccc(C(=O)OC)cn1. The van der Waals surface area contributed by atoms with Crippen molar-refractivity contribution >= 4 is 5.97 Å². The van der Waals surface area contributed by atoms with Crippen molar-refractivity contribution in [3.63, 3.8) is 0 Å². The number of carbonyl (C=O) groups excluding carboxylic acids is 1. The fourth-order valence-electron chi connectivity index (χ4n) is 2.01. The van der Waals surface area contributed by atoms with Gasteiger partial charge in [-0.25, -0.2) is 4.79 Å². The maximum absolute atomic E-state index is 11.4. The first kappa shape index (κ1) is 15.1. The van der Waals surface area contributed by atoms with Crippen LogP contribution in [0.5, 0.6) is 0 Å². The Balaban J connectivity index is 2.00. The molecule has 0 aliphatic heterocycles. The maximum Gasteiger partial charge on any atom is 0.339 e. The van der Waals surface area contributed by atoms with E-state index in [4.69, 9.17) is 0 Å². The van der Waals surface area contributed by atoms with Crippen LogP contribution in [0.25, 0.3) is 0 Å². The Hall–Kier alpha value is -2.27. The Labute approximate surface area is 124 Å². The Bertz CT molecular complexity index is 570. The van der Waals surface area contributed by atoms with E-state index in [1.54, 1.807) is 24.7 Å². The first-order valence-corrected chi connectivity index (χ1v) is 6.87. The predicted octanol–water partition coefficient (Wildman–Crippen LogP) is 2.29. The van der Waals surface area contributed by atoms with Crippen LogP contribution in [0, 0.1) is 0 Å². The average Bonchev–Trinajstić information content (AvgIpc) is 2.55. The van der Waals surface area contributed by atoms with Crippen LogP contribution in [-0.2, 0) is 17.8 Å². The van der Waals surface area contributed by atoms with Gasteiger partial charge in [-0.05, 0) is 36.4 Å². The van der Waals surface area contributed by atoms with Crippen molar-refractivity contribution in [1.29, 1.82) is 0 Å². The highest BCUT2D eigenvalue weighted by Gasteiger charge is 2.08. The van der Waals surface area contributed by atoms with Gasteiger partial charge >= 0.3 is 5.97 Å². The van der Waals surface area contributed by atoms with Crippen molar-refractivity contribution in [2.45, 2.75) is 20.0 Å². The number of nitrogens with zero attached hydrogens (tertiary/aromatic N) is 3. The molecule has 0 aliphatic carbocycles. The molecule has 2 heterocycles. The second kappa shape index (κ2) is 7.50. The summed E-state index contributed by atoms with van der Waals surface area (Å²) in [4.78, 5) is 22.0. The van der Waals surface area contributed by atoms with Gasteiger partial charge in [-0.3, -0.25) is 14.9 Å². The number of ether oxygens (including phenoxy) is 1. The zero-order chi connectivity index (χ0) is 15.1. The molecule has 0 saturated heterocycles. The Morgan fingerprint density at radius 2 is 1.95 bits per heavy atom. The molecule has 110 valence electrons. The van der Waals surface area contributed by atoms with Crippen LogP contribution in [0.2, 0.25) is 0 Å². The molecule has 0 saturated carbocycles. The Morgan fingerprint density at radius 3 is 2.52 bits per heavy atom. The molecule has 0 amide bonds. The van der Waals surface area contributed by atoms with Crippen LogP contribution < -0.4 is 0 Å². The van der Waals surface area contributed by atoms with Crippen LogP contribution in [0.4, 0.5) is 0 Å². The fraction of sp³-hybridized carbons (Fsp3) is 0.312. The lowest BCUT2D eigenvalue weighted by Crippen LogP contribution is -2.23. The summed E-state index contributed by atoms with van der Waals surface area (Å²) < 4.78 is 4.66. The van der Waals surface area contributed by atoms with Gasteiger partial charge in [0.05, 0.1) is 18.4 Å². The first-order chi connectivity index (χ1) is 10.2. The third kappa shape index (κ3) is 4.36. The van der Waals surface area contributed by atoms with Gasteiger partial charge in [-0.1, -0.05) is 6.92 Å². The van der Waals surface area contributed by atoms with Crippen LogP contribution in [0.15, 0.2) is 42.9 Å². The summed E-state index contributed by atoms with van der Waals surface area (Å²) in [5.41, 5.74) is 2.62. The normalized spacial score (nSPS) is 10.6. The zero-order valence-corrected chi connectivity index (χ0v) is 12.3. The second-order valence-electron chi connectivity index (χ2n) is 4.69. The summed E-state index contributed by atoms with van der Waals surface area (Å²) in [6.07, 6.45) is 5.15. The van der Waals surface area contributed by atoms with Gasteiger partial charge < -0.3 is 4.74 Å². The van der Waals surface area contributed by atoms with Crippen molar-refractivity contribution in [2.75, 3.05) is 13.7 Å². The van der Waals surface area contributed by atoms with Gasteiger partial charge in [0.25, 0.3) is 0 Å². The van der Waals surface area contributed by atoms with Crippen molar-refractivity contribution in [3.05, 3.63) is 59.7 Å². The molecule has 5 nitrogen and oxygen atoms in total. The van der Waals surface area contributed by atoms with Gasteiger partial charge in [0, 0.05) is 31.7 Å². The lowest BCUT2D eigenvalue weighted by Gasteiger charge is -2.20. The van der Waals surface area contributed by atoms with Crippen molar-refractivity contribution in [2.24, 2.45) is 0 Å². The molecule has 0 spiro atoms. The molecule has 0 radical (unpaired) electrons. The third-order valence-corrected chi connectivity index (χ3v) is 3.23. The summed E-state index contributed by atoms with van der Waals surface area (Å²) >= 11 is 0. The lowest BCUT2D eigenvalue weighted by molar-refractivity contribution is 0.0600. The Morgan fingerprint density at radius 1 is 1.19 bits per heavy atom. The van der Waals surface area contributed by atoms with Crippen molar-refractivity contribution in [1.82, 2.24) is 14.9 Å². The van der Waals surface area contributed by atoms with Gasteiger partial charge in [0.15, 0.2) is 0 Å². The van der Waals surface area contributed by atoms with Crippen LogP contribution >= 0.6 is 0 Å². The predicted molar refractivity (Wildman–Crippen MR) is 79.6 cm³/mol. The molecule has 5 heteroatoms. The second-order valence-corrected chi connectivity index (χ2v) is 4.69. The van der Waals surface area contributed by atoms with Crippen LogP contribution in [0.3, 0.4) is 0 Å². The van der Waals surface area contributed by atoms with E-state index in [1.165, 1.54) is 12.7 Å². The fourth-order valence-corrected chi connectivity index (χ4v) is 2.01. The maximum atomic E-state index is 11.4. The summed E-state index contributed by atoms with van der Waals surface area (Å²) in [6, 6.07) is 7.63. The van der Waals surface area contributed by atoms with E-state index in [9.17, 15) is 4.79 Å². The highest BCUT2D eigenvalue weighted by atomic mass is 16.5. The number of hydrogen-bond acceptors (Lipinski definition) is 5. The monoisotopic (exact) mass is 285 g/mol. The van der Waals surface area contributed by atoms with Crippen LogP contribution in [0.1, 0.15) is 28.5 Å². The van der Waals surface area contributed by atoms with Gasteiger partial charge in [-0.2, -0.15) is 0 Å². The third-order valence-electron chi connectivity index (χ3n) is 3.23. The molecule has 0 aromatic carbocycles. The van der Waals surface area contributed by atoms with E-state index < -0.39 is 0 Å². The number of esters is 1. The highest BCUT2D eigenvalue weighted by Crippen LogP contribution is 2.09. The summed E-state index contributed by atoms with van der Waals surface area (Å²) in [5, 5.41) is 0. The van der Waals surface area contributed by atoms with Gasteiger partial charge in [-0.15, -0.1) is 0 Å². The molecule has 2 aromatic heterocycles. The molecule has 2 aromatic rings. The largest absolute Gasteiger partial charge is 0.465 e. The Kier molecular flexibility index (Phi) is 5.40. The minimum absolute atomic E-state index is 0.363. The zero-order valence-electron chi connectivity index (χ0n) is 12.3. The highest BCUT2D eigenvalue weighted by molar-refractivity contribution is 5.88. The topological polar surface area (TPSA) is 55.3 Å². The lowest BCUT2D eigenvalue weighted by atomic mass is 10.2. The van der Waals surface area contributed by atoms with Gasteiger partial charge in [0.2, 0.25) is 0 Å². The number of aromatic nitrogens is 2. The number of hydrogen-bond donors (Lipinski definition) is 0. The van der Waals surface area contributed by atoms with Crippen molar-refractivity contribution in [3.8, 4) is 0 Å². The molecule has 0 aliphatic rings. The van der Waals surface area contributed by atoms with E-state index in [1.807, 2.05) is 18.2 Å². The molecule has 0 bridgehead atoms. The molecular formula is C16H19N3O2. The van der Waals surface area contributed by atoms with E-state index in [0.29, 0.717) is 5.56 Å². The molecule has 2 rings (SSSR count). The van der Waals surface area contributed by atoms with Crippen LogP contribution in [-0.4, -0.2) is 34.5 Å². The molecule has 0 unspecified atom stereocenters. The molecule has 0 atom stereocenters. The molecule has 0 N–H and O–H groups in total. The minimum Gasteiger partial charge on any atom is -0.465 e. The van der Waals surface area contributed by atoms with Crippen molar-refractivity contribution < 1.29 is 9.53 Å². The molecule has 21 heavy (non-hydrogen) atoms. The smallest absolute Gasteiger partial charge is 0.339 e. The summed E-state index contributed by atoms with van der Waals surface area (Å²) in [6.45, 7) is 4.62. The number of carbonyl (C=O) groups is 1. The average molecular weight is 285 g/mol. The van der Waals surface area contributed by atoms with E-state index in [-0.39, 0.29) is 5.97 Å². The quantitative estimate of drug-likeness (QED) is 0.762. The number of methoxy groups -OCH3 is 1. The first-order valence-electron chi connectivity index (χ1n) is 6.87. The van der Waals surface area contributed by atoms with E-state index >= 15 is 0 Å². The van der Waals surface area contributed by atoms with E-state index in [2.05, 4.69) is 26.5 Å². The summed E-state index contributed by atoms with van der Waals surface area (Å²) in [5.74, 6) is -0.363. The number of rotatable bonds is 6.